The molecule has 116 valence electrons. The maximum atomic E-state index is 13.6. The van der Waals surface area contributed by atoms with Crippen LogP contribution in [-0.2, 0) is 10.0 Å². The van der Waals surface area contributed by atoms with Crippen molar-refractivity contribution >= 4 is 15.7 Å². The number of piperidine rings is 1. The summed E-state index contributed by atoms with van der Waals surface area (Å²) in [5, 5.41) is 11.0. The lowest BCUT2D eigenvalue weighted by Crippen LogP contribution is -2.47. The number of nitrogens with two attached hydrogens (primary N) is 1. The number of sulfonamides is 1. The molecule has 7 nitrogen and oxygen atoms in total. The molecule has 0 saturated carbocycles. The maximum absolute atomic E-state index is 13.6. The summed E-state index contributed by atoms with van der Waals surface area (Å²) in [5.41, 5.74) is 4.57. The van der Waals surface area contributed by atoms with Crippen LogP contribution in [0.1, 0.15) is 19.3 Å². The highest BCUT2D eigenvalue weighted by atomic mass is 32.2. The van der Waals surface area contributed by atoms with Crippen LogP contribution < -0.4 is 5.73 Å². The van der Waals surface area contributed by atoms with Gasteiger partial charge in [0.25, 0.3) is 0 Å². The van der Waals surface area contributed by atoms with E-state index in [4.69, 9.17) is 5.73 Å². The average molecular weight is 317 g/mol. The highest BCUT2D eigenvalue weighted by Crippen LogP contribution is 2.32. The lowest BCUT2D eigenvalue weighted by molar-refractivity contribution is -0.390. The van der Waals surface area contributed by atoms with Crippen LogP contribution in [0.5, 0.6) is 0 Å². The second kappa shape index (κ2) is 6.04. The minimum Gasteiger partial charge on any atom is -0.329 e. The molecule has 0 aromatic heterocycles. The Hall–Kier alpha value is -1.58. The summed E-state index contributed by atoms with van der Waals surface area (Å²) in [7, 11) is -4.15. The Kier molecular flexibility index (Phi) is 4.55. The number of nitrogens with zero attached hydrogens (tertiary/aromatic N) is 2. The molecular weight excluding hydrogens is 301 g/mol. The first-order valence-electron chi connectivity index (χ1n) is 6.54. The largest absolute Gasteiger partial charge is 0.329 e. The molecular formula is C12H16FN3O4S. The van der Waals surface area contributed by atoms with Gasteiger partial charge in [-0.05, 0) is 25.0 Å². The Morgan fingerprint density at radius 2 is 2.14 bits per heavy atom. The van der Waals surface area contributed by atoms with Gasteiger partial charge < -0.3 is 5.73 Å². The molecule has 1 fully saturated rings. The zero-order valence-electron chi connectivity index (χ0n) is 11.2. The van der Waals surface area contributed by atoms with E-state index < -0.39 is 37.4 Å². The van der Waals surface area contributed by atoms with Crippen LogP contribution in [-0.4, -0.2) is 36.8 Å². The predicted molar refractivity (Wildman–Crippen MR) is 73.6 cm³/mol. The van der Waals surface area contributed by atoms with E-state index in [1.807, 2.05) is 0 Å². The molecule has 2 rings (SSSR count). The zero-order valence-corrected chi connectivity index (χ0v) is 12.1. The van der Waals surface area contributed by atoms with Crippen LogP contribution in [0.15, 0.2) is 23.1 Å². The second-order valence-corrected chi connectivity index (χ2v) is 6.70. The van der Waals surface area contributed by atoms with E-state index in [1.54, 1.807) is 0 Å². The quantitative estimate of drug-likeness (QED) is 0.664. The van der Waals surface area contributed by atoms with Crippen molar-refractivity contribution in [2.24, 2.45) is 5.73 Å². The van der Waals surface area contributed by atoms with Crippen molar-refractivity contribution in [3.05, 3.63) is 34.1 Å². The number of nitro groups is 1. The predicted octanol–water partition coefficient (Wildman–Crippen LogP) is 1.24. The van der Waals surface area contributed by atoms with Crippen molar-refractivity contribution in [3.63, 3.8) is 0 Å². The molecule has 1 aromatic rings. The molecule has 0 bridgehead atoms. The number of benzene rings is 1. The van der Waals surface area contributed by atoms with Crippen LogP contribution in [0.4, 0.5) is 10.1 Å². The van der Waals surface area contributed by atoms with Crippen molar-refractivity contribution in [1.82, 2.24) is 4.31 Å². The van der Waals surface area contributed by atoms with E-state index in [9.17, 15) is 22.9 Å². The summed E-state index contributed by atoms with van der Waals surface area (Å²) in [6, 6.07) is 2.66. The second-order valence-electron chi connectivity index (χ2n) is 4.84. The summed E-state index contributed by atoms with van der Waals surface area (Å²) < 4.78 is 40.0. The number of halogens is 1. The van der Waals surface area contributed by atoms with E-state index >= 15 is 0 Å². The first-order valence-corrected chi connectivity index (χ1v) is 7.98. The third kappa shape index (κ3) is 2.89. The first kappa shape index (κ1) is 15.8. The van der Waals surface area contributed by atoms with Gasteiger partial charge in [0.05, 0.1) is 4.92 Å². The molecule has 0 amide bonds. The molecule has 9 heteroatoms. The van der Waals surface area contributed by atoms with Gasteiger partial charge >= 0.3 is 5.69 Å². The van der Waals surface area contributed by atoms with Gasteiger partial charge in [-0.3, -0.25) is 10.1 Å². The molecule has 2 N–H and O–H groups in total. The molecule has 1 heterocycles. The van der Waals surface area contributed by atoms with E-state index in [0.29, 0.717) is 12.8 Å². The van der Waals surface area contributed by atoms with Gasteiger partial charge in [0.2, 0.25) is 15.8 Å². The number of nitro benzene ring substituents is 1. The smallest absolute Gasteiger partial charge is 0.324 e. The monoisotopic (exact) mass is 317 g/mol. The molecule has 1 aliphatic rings. The van der Waals surface area contributed by atoms with Gasteiger partial charge in [-0.1, -0.05) is 12.5 Å². The number of rotatable bonds is 4. The van der Waals surface area contributed by atoms with Gasteiger partial charge in [0, 0.05) is 19.1 Å². The van der Waals surface area contributed by atoms with Crippen molar-refractivity contribution in [3.8, 4) is 0 Å². The molecule has 1 atom stereocenters. The number of hydrogen-bond acceptors (Lipinski definition) is 5. The molecule has 1 aromatic carbocycles. The van der Waals surface area contributed by atoms with Crippen molar-refractivity contribution < 1.29 is 17.7 Å². The Bertz CT molecular complexity index is 650. The Morgan fingerprint density at radius 3 is 2.76 bits per heavy atom. The topological polar surface area (TPSA) is 107 Å². The highest BCUT2D eigenvalue weighted by molar-refractivity contribution is 7.89. The van der Waals surface area contributed by atoms with Crippen LogP contribution in [0.3, 0.4) is 0 Å². The van der Waals surface area contributed by atoms with Gasteiger partial charge in [0.1, 0.15) is 0 Å². The summed E-state index contributed by atoms with van der Waals surface area (Å²) in [6.07, 6.45) is 2.09. The standard InChI is InChI=1S/C12H16FN3O4S/c13-10-5-3-6-11(12(10)16(17)18)21(19,20)15-7-2-1-4-9(15)8-14/h3,5-6,9H,1-2,4,7-8,14H2. The van der Waals surface area contributed by atoms with Crippen molar-refractivity contribution in [1.29, 1.82) is 0 Å². The van der Waals surface area contributed by atoms with E-state index in [0.717, 1.165) is 28.9 Å². The van der Waals surface area contributed by atoms with Gasteiger partial charge in [-0.15, -0.1) is 0 Å². The lowest BCUT2D eigenvalue weighted by atomic mass is 10.1. The average Bonchev–Trinajstić information content (AvgIpc) is 2.46. The SMILES string of the molecule is NCC1CCCCN1S(=O)(=O)c1cccc(F)c1[N+](=O)[O-]. The van der Waals surface area contributed by atoms with E-state index in [2.05, 4.69) is 0 Å². The highest BCUT2D eigenvalue weighted by Gasteiger charge is 2.38. The fourth-order valence-electron chi connectivity index (χ4n) is 2.53. The first-order chi connectivity index (χ1) is 9.89. The summed E-state index contributed by atoms with van der Waals surface area (Å²) in [6.45, 7) is 0.361. The number of hydrogen-bond donors (Lipinski definition) is 1. The van der Waals surface area contributed by atoms with Crippen LogP contribution in [0.2, 0.25) is 0 Å². The Morgan fingerprint density at radius 1 is 1.43 bits per heavy atom. The van der Waals surface area contributed by atoms with Crippen molar-refractivity contribution in [2.75, 3.05) is 13.1 Å². The normalized spacial score (nSPS) is 20.4. The molecule has 1 saturated heterocycles. The van der Waals surface area contributed by atoms with E-state index in [-0.39, 0.29) is 13.1 Å². The Balaban J connectivity index is 2.54. The summed E-state index contributed by atoms with van der Waals surface area (Å²) in [5.74, 6) is -1.16. The van der Waals surface area contributed by atoms with Gasteiger partial charge in [-0.2, -0.15) is 8.70 Å². The lowest BCUT2D eigenvalue weighted by Gasteiger charge is -2.33. The zero-order chi connectivity index (χ0) is 15.6. The summed E-state index contributed by atoms with van der Waals surface area (Å²) in [4.78, 5) is 9.35. The van der Waals surface area contributed by atoms with E-state index in [1.165, 1.54) is 0 Å². The number of para-hydroxylation sites is 1. The molecule has 0 aliphatic carbocycles. The van der Waals surface area contributed by atoms with Gasteiger partial charge in [0.15, 0.2) is 4.90 Å². The summed E-state index contributed by atoms with van der Waals surface area (Å²) >= 11 is 0. The third-order valence-corrected chi connectivity index (χ3v) is 5.55. The molecule has 21 heavy (non-hydrogen) atoms. The molecule has 1 aliphatic heterocycles. The fourth-order valence-corrected chi connectivity index (χ4v) is 4.41. The third-order valence-electron chi connectivity index (χ3n) is 3.56. The molecule has 0 radical (unpaired) electrons. The van der Waals surface area contributed by atoms with Crippen molar-refractivity contribution in [2.45, 2.75) is 30.2 Å². The van der Waals surface area contributed by atoms with Gasteiger partial charge in [-0.25, -0.2) is 8.42 Å². The minimum atomic E-state index is -4.15. The Labute approximate surface area is 121 Å². The van der Waals surface area contributed by atoms with Crippen LogP contribution in [0.25, 0.3) is 0 Å². The molecule has 1 unspecified atom stereocenters. The van der Waals surface area contributed by atoms with Crippen LogP contribution >= 0.6 is 0 Å². The van der Waals surface area contributed by atoms with Crippen LogP contribution in [0, 0.1) is 15.9 Å². The molecule has 0 spiro atoms. The fraction of sp³-hybridized carbons (Fsp3) is 0.500. The minimum absolute atomic E-state index is 0.127. The maximum Gasteiger partial charge on any atom is 0.324 e.